The number of hydrogen-bond donors (Lipinski definition) is 1. The molecule has 2 aromatic heterocycles. The average molecular weight is 362 g/mol. The lowest BCUT2D eigenvalue weighted by Crippen LogP contribution is -2.46. The van der Waals surface area contributed by atoms with Gasteiger partial charge >= 0.3 is 0 Å². The lowest BCUT2D eigenvalue weighted by molar-refractivity contribution is -0.141. The minimum absolute atomic E-state index is 0.00337. The maximum atomic E-state index is 12.8. The number of rotatable bonds is 4. The Morgan fingerprint density at radius 3 is 2.85 bits per heavy atom. The molecule has 2 aromatic rings. The quantitative estimate of drug-likeness (QED) is 0.898. The van der Waals surface area contributed by atoms with Crippen molar-refractivity contribution in [2.24, 2.45) is 5.41 Å². The summed E-state index contributed by atoms with van der Waals surface area (Å²) in [5.41, 5.74) is 0.151. The van der Waals surface area contributed by atoms with Crippen LogP contribution in [-0.2, 0) is 4.79 Å². The summed E-state index contributed by atoms with van der Waals surface area (Å²) in [5.74, 6) is 2.27. The van der Waals surface area contributed by atoms with Gasteiger partial charge in [-0.3, -0.25) is 4.79 Å². The molecule has 27 heavy (non-hydrogen) atoms. The summed E-state index contributed by atoms with van der Waals surface area (Å²) in [7, 11) is 0. The highest BCUT2D eigenvalue weighted by Gasteiger charge is 2.48. The normalized spacial score (nSPS) is 20.6. The van der Waals surface area contributed by atoms with Crippen molar-refractivity contribution >= 4 is 17.5 Å². The number of amides is 1. The fourth-order valence-electron chi connectivity index (χ4n) is 3.82. The molecule has 1 amide bonds. The maximum Gasteiger partial charge on any atom is 0.243 e. The zero-order valence-electron chi connectivity index (χ0n) is 15.4. The van der Waals surface area contributed by atoms with Gasteiger partial charge in [-0.1, -0.05) is 6.07 Å². The van der Waals surface area contributed by atoms with E-state index in [1.165, 1.54) is 0 Å². The molecule has 1 N–H and O–H groups in total. The Balaban J connectivity index is 1.49. The van der Waals surface area contributed by atoms with Gasteiger partial charge in [-0.05, 0) is 44.7 Å². The second kappa shape index (κ2) is 6.95. The number of nitrogens with one attached hydrogen (secondary N) is 1. The molecule has 0 radical (unpaired) electrons. The molecule has 0 aromatic carbocycles. The monoisotopic (exact) mass is 362 g/mol. The van der Waals surface area contributed by atoms with Crippen molar-refractivity contribution in [2.75, 3.05) is 18.4 Å². The average Bonchev–Trinajstić information content (AvgIpc) is 3.12. The van der Waals surface area contributed by atoms with Gasteiger partial charge in [0.25, 0.3) is 0 Å². The first kappa shape index (κ1) is 17.4. The summed E-state index contributed by atoms with van der Waals surface area (Å²) in [6.07, 6.45) is 4.92. The van der Waals surface area contributed by atoms with Crippen LogP contribution in [0.1, 0.15) is 43.1 Å². The van der Waals surface area contributed by atoms with Gasteiger partial charge in [0.05, 0.1) is 11.8 Å². The second-order valence-electron chi connectivity index (χ2n) is 7.35. The van der Waals surface area contributed by atoms with Crippen LogP contribution in [0, 0.1) is 23.7 Å². The Morgan fingerprint density at radius 1 is 1.33 bits per heavy atom. The van der Waals surface area contributed by atoms with Crippen LogP contribution < -0.4 is 5.32 Å². The predicted molar refractivity (Wildman–Crippen MR) is 100 cm³/mol. The molecule has 7 heteroatoms. The second-order valence-corrected chi connectivity index (χ2v) is 7.35. The molecule has 1 unspecified atom stereocenters. The lowest BCUT2D eigenvalue weighted by atomic mass is 9.69. The Kier molecular flexibility index (Phi) is 4.48. The number of aromatic nitrogens is 3. The van der Waals surface area contributed by atoms with E-state index in [0.29, 0.717) is 37.6 Å². The van der Waals surface area contributed by atoms with Gasteiger partial charge in [-0.2, -0.15) is 5.26 Å². The number of carbonyl (C=O) groups excluding carboxylic acids is 1. The van der Waals surface area contributed by atoms with E-state index in [0.717, 1.165) is 24.4 Å². The van der Waals surface area contributed by atoms with Crippen LogP contribution in [-0.4, -0.2) is 38.8 Å². The first-order chi connectivity index (χ1) is 13.1. The van der Waals surface area contributed by atoms with Gasteiger partial charge in [-0.15, -0.1) is 0 Å². The summed E-state index contributed by atoms with van der Waals surface area (Å²) in [5, 5.41) is 12.6. The van der Waals surface area contributed by atoms with Gasteiger partial charge in [0, 0.05) is 31.3 Å². The van der Waals surface area contributed by atoms with E-state index >= 15 is 0 Å². The highest BCUT2D eigenvalue weighted by Crippen LogP contribution is 2.43. The van der Waals surface area contributed by atoms with Crippen LogP contribution in [0.3, 0.4) is 0 Å². The molecule has 1 atom stereocenters. The third-order valence-electron chi connectivity index (χ3n) is 5.50. The molecule has 1 aliphatic heterocycles. The van der Waals surface area contributed by atoms with Gasteiger partial charge in [0.2, 0.25) is 5.91 Å². The number of pyridine rings is 1. The van der Waals surface area contributed by atoms with Crippen molar-refractivity contribution in [3.8, 4) is 6.07 Å². The molecular weight excluding hydrogens is 340 g/mol. The zero-order chi connectivity index (χ0) is 18.9. The molecule has 2 aliphatic rings. The Labute approximate surface area is 158 Å². The van der Waals surface area contributed by atoms with E-state index in [1.807, 2.05) is 36.1 Å². The summed E-state index contributed by atoms with van der Waals surface area (Å²) >= 11 is 0. The van der Waals surface area contributed by atoms with Crippen molar-refractivity contribution in [3.63, 3.8) is 0 Å². The summed E-state index contributed by atoms with van der Waals surface area (Å²) < 4.78 is 0. The zero-order valence-corrected chi connectivity index (χ0v) is 15.4. The number of aryl methyl sites for hydroxylation is 1. The molecule has 2 fully saturated rings. The largest absolute Gasteiger partial charge is 0.341 e. The van der Waals surface area contributed by atoms with Crippen LogP contribution in [0.5, 0.6) is 0 Å². The number of nitrogens with zero attached hydrogens (tertiary/aromatic N) is 5. The molecule has 138 valence electrons. The van der Waals surface area contributed by atoms with Gasteiger partial charge in [0.1, 0.15) is 22.9 Å². The number of hydrogen-bond acceptors (Lipinski definition) is 6. The van der Waals surface area contributed by atoms with Crippen molar-refractivity contribution in [3.05, 3.63) is 42.0 Å². The Hall–Kier alpha value is -3.01. The minimum atomic E-state index is -0.776. The molecule has 4 rings (SSSR count). The SMILES string of the molecule is Cc1nc(Nc2ccccn2)cc(C2CCN(C(=O)C3(C#N)CCC3)C2)n1. The maximum absolute atomic E-state index is 12.8. The smallest absolute Gasteiger partial charge is 0.243 e. The van der Waals surface area contributed by atoms with Crippen LogP contribution in [0.15, 0.2) is 30.5 Å². The van der Waals surface area contributed by atoms with Crippen molar-refractivity contribution < 1.29 is 4.79 Å². The number of carbonyl (C=O) groups is 1. The molecule has 1 aliphatic carbocycles. The molecule has 1 saturated carbocycles. The van der Waals surface area contributed by atoms with Gasteiger partial charge in [-0.25, -0.2) is 15.0 Å². The third kappa shape index (κ3) is 3.35. The first-order valence-electron chi connectivity index (χ1n) is 9.34. The van der Waals surface area contributed by atoms with Gasteiger partial charge < -0.3 is 10.2 Å². The minimum Gasteiger partial charge on any atom is -0.341 e. The van der Waals surface area contributed by atoms with Crippen molar-refractivity contribution in [1.82, 2.24) is 19.9 Å². The third-order valence-corrected chi connectivity index (χ3v) is 5.50. The molecule has 0 spiro atoms. The van der Waals surface area contributed by atoms with E-state index in [1.54, 1.807) is 6.20 Å². The predicted octanol–water partition coefficient (Wildman–Crippen LogP) is 2.93. The van der Waals surface area contributed by atoms with E-state index in [4.69, 9.17) is 0 Å². The highest BCUT2D eigenvalue weighted by atomic mass is 16.2. The molecule has 1 saturated heterocycles. The summed E-state index contributed by atoms with van der Waals surface area (Å²) in [6.45, 7) is 3.16. The van der Waals surface area contributed by atoms with Crippen LogP contribution in [0.25, 0.3) is 0 Å². The van der Waals surface area contributed by atoms with Crippen LogP contribution >= 0.6 is 0 Å². The fraction of sp³-hybridized carbons (Fsp3) is 0.450. The van der Waals surface area contributed by atoms with Gasteiger partial charge in [0.15, 0.2) is 0 Å². The van der Waals surface area contributed by atoms with E-state index in [9.17, 15) is 10.1 Å². The number of anilines is 2. The molecule has 3 heterocycles. The van der Waals surface area contributed by atoms with E-state index in [-0.39, 0.29) is 11.8 Å². The molecular formula is C20H22N6O. The van der Waals surface area contributed by atoms with Crippen LogP contribution in [0.2, 0.25) is 0 Å². The highest BCUT2D eigenvalue weighted by molar-refractivity contribution is 5.86. The fourth-order valence-corrected chi connectivity index (χ4v) is 3.82. The topological polar surface area (TPSA) is 94.8 Å². The molecule has 7 nitrogen and oxygen atoms in total. The Morgan fingerprint density at radius 2 is 2.19 bits per heavy atom. The summed E-state index contributed by atoms with van der Waals surface area (Å²) in [6, 6.07) is 9.85. The Bertz CT molecular complexity index is 887. The van der Waals surface area contributed by atoms with E-state index in [2.05, 4.69) is 26.3 Å². The van der Waals surface area contributed by atoms with Crippen molar-refractivity contribution in [1.29, 1.82) is 5.26 Å². The molecule has 0 bridgehead atoms. The summed E-state index contributed by atoms with van der Waals surface area (Å²) in [4.78, 5) is 27.9. The van der Waals surface area contributed by atoms with E-state index < -0.39 is 5.41 Å². The number of likely N-dealkylation sites (tertiary alicyclic amines) is 1. The standard InChI is InChI=1S/C20H22N6O/c1-14-23-16(11-18(24-14)25-17-5-2-3-9-22-17)15-6-10-26(12-15)19(27)20(13-21)7-4-8-20/h2-3,5,9,11,15H,4,6-8,10,12H2,1H3,(H,22,23,24,25). The van der Waals surface area contributed by atoms with Crippen molar-refractivity contribution in [2.45, 2.75) is 38.5 Å². The first-order valence-corrected chi connectivity index (χ1v) is 9.34. The lowest BCUT2D eigenvalue weighted by Gasteiger charge is -2.36. The number of nitriles is 1. The van der Waals surface area contributed by atoms with Crippen LogP contribution in [0.4, 0.5) is 11.6 Å².